The Labute approximate surface area is 181 Å². The van der Waals surface area contributed by atoms with Gasteiger partial charge in [0.15, 0.2) is 0 Å². The number of aromatic nitrogens is 1. The lowest BCUT2D eigenvalue weighted by Crippen LogP contribution is -2.27. The summed E-state index contributed by atoms with van der Waals surface area (Å²) in [5.74, 6) is 5.62. The summed E-state index contributed by atoms with van der Waals surface area (Å²) in [5, 5.41) is 2.79. The normalized spacial score (nSPS) is 10.7. The average Bonchev–Trinajstić information content (AvgIpc) is 2.79. The van der Waals surface area contributed by atoms with E-state index in [9.17, 15) is 13.2 Å². The van der Waals surface area contributed by atoms with Gasteiger partial charge in [-0.2, -0.15) is 0 Å². The number of nitrogens with zero attached hydrogens (tertiary/aromatic N) is 1. The molecule has 1 amide bonds. The van der Waals surface area contributed by atoms with Crippen LogP contribution in [0.25, 0.3) is 0 Å². The molecule has 1 aromatic heterocycles. The van der Waals surface area contributed by atoms with Crippen LogP contribution in [0.5, 0.6) is 0 Å². The molecule has 3 aromatic rings. The average molecular weight is 436 g/mol. The lowest BCUT2D eigenvalue weighted by Gasteiger charge is -2.08. The number of pyridine rings is 1. The van der Waals surface area contributed by atoms with Crippen molar-refractivity contribution >= 4 is 21.6 Å². The summed E-state index contributed by atoms with van der Waals surface area (Å²) in [5.41, 5.74) is 2.30. The molecule has 0 unspecified atom stereocenters. The zero-order valence-electron chi connectivity index (χ0n) is 16.8. The highest BCUT2D eigenvalue weighted by molar-refractivity contribution is 7.89. The fourth-order valence-corrected chi connectivity index (χ4v) is 3.61. The predicted molar refractivity (Wildman–Crippen MR) is 118 cm³/mol. The Morgan fingerprint density at radius 2 is 1.84 bits per heavy atom. The second kappa shape index (κ2) is 10.5. The minimum Gasteiger partial charge on any atom is -0.383 e. The summed E-state index contributed by atoms with van der Waals surface area (Å²) in [6, 6.07) is 18.3. The van der Waals surface area contributed by atoms with Crippen molar-refractivity contribution in [2.45, 2.75) is 4.90 Å². The molecule has 0 fully saturated rings. The van der Waals surface area contributed by atoms with Gasteiger partial charge in [0.1, 0.15) is 5.69 Å². The minimum absolute atomic E-state index is 0.0759. The van der Waals surface area contributed by atoms with Crippen molar-refractivity contribution in [1.29, 1.82) is 0 Å². The maximum atomic E-state index is 12.5. The van der Waals surface area contributed by atoms with Crippen molar-refractivity contribution in [2.24, 2.45) is 0 Å². The summed E-state index contributed by atoms with van der Waals surface area (Å²) in [4.78, 5) is 16.8. The molecule has 1 heterocycles. The van der Waals surface area contributed by atoms with Crippen LogP contribution in [0.15, 0.2) is 77.8 Å². The third-order valence-electron chi connectivity index (χ3n) is 4.15. The number of carbonyl (C=O) groups is 1. The van der Waals surface area contributed by atoms with Crippen molar-refractivity contribution in [3.05, 3.63) is 89.7 Å². The lowest BCUT2D eigenvalue weighted by molar-refractivity contribution is 0.102. The molecule has 0 aliphatic rings. The van der Waals surface area contributed by atoms with E-state index in [1.807, 2.05) is 24.3 Å². The maximum absolute atomic E-state index is 12.5. The molecule has 0 saturated heterocycles. The fraction of sp³-hybridized carbons (Fsp3) is 0.130. The highest BCUT2D eigenvalue weighted by Gasteiger charge is 2.14. The number of carbonyl (C=O) groups excluding carboxylic acids is 1. The van der Waals surface area contributed by atoms with Gasteiger partial charge in [-0.15, -0.1) is 0 Å². The van der Waals surface area contributed by atoms with E-state index < -0.39 is 10.0 Å². The van der Waals surface area contributed by atoms with Crippen molar-refractivity contribution in [1.82, 2.24) is 9.71 Å². The van der Waals surface area contributed by atoms with Gasteiger partial charge < -0.3 is 10.1 Å². The van der Waals surface area contributed by atoms with E-state index in [0.717, 1.165) is 5.56 Å². The van der Waals surface area contributed by atoms with Gasteiger partial charge in [0.05, 0.1) is 11.5 Å². The first-order chi connectivity index (χ1) is 15.0. The number of anilines is 1. The number of methoxy groups -OCH3 is 1. The van der Waals surface area contributed by atoms with E-state index in [1.165, 1.54) is 31.4 Å². The molecular weight excluding hydrogens is 414 g/mol. The fourth-order valence-electron chi connectivity index (χ4n) is 2.60. The number of sulfonamides is 1. The minimum atomic E-state index is -3.65. The highest BCUT2D eigenvalue weighted by atomic mass is 32.2. The molecule has 8 heteroatoms. The quantitative estimate of drug-likeness (QED) is 0.439. The summed E-state index contributed by atoms with van der Waals surface area (Å²) < 4.78 is 31.7. The van der Waals surface area contributed by atoms with E-state index in [0.29, 0.717) is 16.9 Å². The van der Waals surface area contributed by atoms with Crippen LogP contribution in [-0.4, -0.2) is 39.6 Å². The van der Waals surface area contributed by atoms with Crippen LogP contribution in [0.1, 0.15) is 21.6 Å². The van der Waals surface area contributed by atoms with Gasteiger partial charge in [-0.05, 0) is 60.5 Å². The molecule has 0 radical (unpaired) electrons. The Morgan fingerprint density at radius 1 is 1.03 bits per heavy atom. The molecule has 2 aromatic carbocycles. The van der Waals surface area contributed by atoms with Crippen LogP contribution in [0.4, 0.5) is 5.69 Å². The number of nitrogens with one attached hydrogen (secondary N) is 2. The number of rotatable bonds is 7. The second-order valence-corrected chi connectivity index (χ2v) is 8.18. The first-order valence-electron chi connectivity index (χ1n) is 9.41. The highest BCUT2D eigenvalue weighted by Crippen LogP contribution is 2.14. The summed E-state index contributed by atoms with van der Waals surface area (Å²) >= 11 is 0. The Morgan fingerprint density at radius 3 is 2.55 bits per heavy atom. The largest absolute Gasteiger partial charge is 0.383 e. The van der Waals surface area contributed by atoms with Gasteiger partial charge in [-0.3, -0.25) is 4.79 Å². The van der Waals surface area contributed by atoms with Crippen molar-refractivity contribution in [3.63, 3.8) is 0 Å². The van der Waals surface area contributed by atoms with Crippen molar-refractivity contribution in [2.75, 3.05) is 25.6 Å². The Hall–Kier alpha value is -3.51. The second-order valence-electron chi connectivity index (χ2n) is 6.41. The number of benzene rings is 2. The van der Waals surface area contributed by atoms with Crippen LogP contribution in [0.2, 0.25) is 0 Å². The van der Waals surface area contributed by atoms with Gasteiger partial charge in [0.25, 0.3) is 5.91 Å². The molecule has 7 nitrogen and oxygen atoms in total. The molecule has 31 heavy (non-hydrogen) atoms. The van der Waals surface area contributed by atoms with E-state index in [2.05, 4.69) is 26.9 Å². The number of ether oxygens (including phenoxy) is 1. The number of hydrogen-bond donors (Lipinski definition) is 2. The molecule has 158 valence electrons. The summed E-state index contributed by atoms with van der Waals surface area (Å²) in [6.07, 6.45) is 1.67. The topological polar surface area (TPSA) is 97.4 Å². The van der Waals surface area contributed by atoms with Gasteiger partial charge in [-0.1, -0.05) is 18.1 Å². The Balaban J connectivity index is 1.67. The molecule has 0 bridgehead atoms. The smallest absolute Gasteiger partial charge is 0.255 e. The van der Waals surface area contributed by atoms with Gasteiger partial charge in [0.2, 0.25) is 10.0 Å². The Bertz CT molecular complexity index is 1200. The third kappa shape index (κ3) is 6.49. The molecule has 0 aliphatic heterocycles. The van der Waals surface area contributed by atoms with Crippen molar-refractivity contribution in [3.8, 4) is 11.8 Å². The van der Waals surface area contributed by atoms with Crippen LogP contribution >= 0.6 is 0 Å². The molecule has 0 spiro atoms. The van der Waals surface area contributed by atoms with Crippen LogP contribution in [-0.2, 0) is 14.8 Å². The number of hydrogen-bond acceptors (Lipinski definition) is 5. The van der Waals surface area contributed by atoms with E-state index in [4.69, 9.17) is 4.74 Å². The lowest BCUT2D eigenvalue weighted by atomic mass is 10.1. The predicted octanol–water partition coefficient (Wildman–Crippen LogP) is 2.66. The molecule has 2 N–H and O–H groups in total. The molecule has 0 aliphatic carbocycles. The van der Waals surface area contributed by atoms with Gasteiger partial charge in [-0.25, -0.2) is 18.1 Å². The molecule has 0 atom stereocenters. The van der Waals surface area contributed by atoms with Crippen LogP contribution < -0.4 is 10.0 Å². The van der Waals surface area contributed by atoms with E-state index in [1.54, 1.807) is 24.4 Å². The zero-order valence-corrected chi connectivity index (χ0v) is 17.6. The SMILES string of the molecule is COCCNS(=O)(=O)c1ccc(C(=O)Nc2cccc(C#Cc3ccccn3)c2)cc1. The zero-order chi connectivity index (χ0) is 22.1. The van der Waals surface area contributed by atoms with Gasteiger partial charge in [0, 0.05) is 36.7 Å². The molecular formula is C23H21N3O4S. The summed E-state index contributed by atoms with van der Waals surface area (Å²) in [7, 11) is -2.16. The first kappa shape index (κ1) is 22.2. The molecule has 0 saturated carbocycles. The van der Waals surface area contributed by atoms with E-state index in [-0.39, 0.29) is 24.0 Å². The Kier molecular flexibility index (Phi) is 7.51. The summed E-state index contributed by atoms with van der Waals surface area (Å²) in [6.45, 7) is 0.436. The van der Waals surface area contributed by atoms with Crippen LogP contribution in [0.3, 0.4) is 0 Å². The van der Waals surface area contributed by atoms with E-state index >= 15 is 0 Å². The maximum Gasteiger partial charge on any atom is 0.255 e. The van der Waals surface area contributed by atoms with Crippen molar-refractivity contribution < 1.29 is 17.9 Å². The van der Waals surface area contributed by atoms with Crippen LogP contribution in [0, 0.1) is 11.8 Å². The molecule has 3 rings (SSSR count). The monoisotopic (exact) mass is 435 g/mol. The van der Waals surface area contributed by atoms with Gasteiger partial charge >= 0.3 is 0 Å². The number of amides is 1. The first-order valence-corrected chi connectivity index (χ1v) is 10.9. The standard InChI is InChI=1S/C23H21N3O4S/c1-30-16-15-25-31(28,29)22-12-9-19(10-13-22)23(27)26-21-7-4-5-18(17-21)8-11-20-6-2-3-14-24-20/h2-7,9-10,12-14,17,25H,15-16H2,1H3,(H,26,27). The third-order valence-corrected chi connectivity index (χ3v) is 5.62.